The van der Waals surface area contributed by atoms with E-state index >= 15 is 0 Å². The molecule has 0 aliphatic carbocycles. The van der Waals surface area contributed by atoms with Gasteiger partial charge in [0.2, 0.25) is 0 Å². The molecule has 0 aliphatic rings. The summed E-state index contributed by atoms with van der Waals surface area (Å²) in [7, 11) is 0. The third-order valence-electron chi connectivity index (χ3n) is 2.44. The molecule has 0 spiro atoms. The number of rotatable bonds is 5. The van der Waals surface area contributed by atoms with Crippen molar-refractivity contribution in [3.8, 4) is 5.75 Å². The van der Waals surface area contributed by atoms with Crippen molar-refractivity contribution in [1.29, 1.82) is 0 Å². The van der Waals surface area contributed by atoms with Crippen LogP contribution in [0.5, 0.6) is 5.75 Å². The zero-order valence-corrected chi connectivity index (χ0v) is 11.8. The quantitative estimate of drug-likeness (QED) is 0.916. The summed E-state index contributed by atoms with van der Waals surface area (Å²) in [6, 6.07) is 10.1. The molecule has 1 aromatic heterocycles. The van der Waals surface area contributed by atoms with Crippen molar-refractivity contribution in [2.75, 3.05) is 6.61 Å². The predicted molar refractivity (Wildman–Crippen MR) is 75.6 cm³/mol. The molecule has 0 saturated carbocycles. The fraction of sp³-hybridized carbons (Fsp3) is 0.231. The van der Waals surface area contributed by atoms with Gasteiger partial charge >= 0.3 is 0 Å². The molecule has 0 radical (unpaired) electrons. The van der Waals surface area contributed by atoms with E-state index in [0.29, 0.717) is 13.2 Å². The van der Waals surface area contributed by atoms with E-state index in [1.807, 2.05) is 18.2 Å². The molecule has 1 heterocycles. The van der Waals surface area contributed by atoms with E-state index in [9.17, 15) is 0 Å². The Labute approximate surface area is 114 Å². The third kappa shape index (κ3) is 3.31. The molecule has 4 heteroatoms. The molecule has 0 saturated heterocycles. The fourth-order valence-corrected chi connectivity index (χ4v) is 2.80. The molecule has 2 aromatic rings. The molecule has 1 aromatic carbocycles. The van der Waals surface area contributed by atoms with Crippen LogP contribution in [0.15, 0.2) is 40.2 Å². The van der Waals surface area contributed by atoms with Gasteiger partial charge in [-0.15, -0.1) is 11.3 Å². The fourth-order valence-electron chi connectivity index (χ4n) is 1.58. The van der Waals surface area contributed by atoms with E-state index in [1.54, 1.807) is 11.3 Å². The Bertz CT molecular complexity index is 470. The van der Waals surface area contributed by atoms with E-state index in [-0.39, 0.29) is 0 Å². The molecular weight excluding hydrogens is 298 g/mol. The topological polar surface area (TPSA) is 35.2 Å². The first-order valence-corrected chi connectivity index (χ1v) is 7.11. The summed E-state index contributed by atoms with van der Waals surface area (Å²) >= 11 is 5.24. The van der Waals surface area contributed by atoms with Gasteiger partial charge in [-0.05, 0) is 33.4 Å². The van der Waals surface area contributed by atoms with Crippen molar-refractivity contribution < 1.29 is 4.74 Å². The number of ether oxygens (including phenoxy) is 1. The minimum Gasteiger partial charge on any atom is -0.492 e. The zero-order valence-electron chi connectivity index (χ0n) is 9.36. The lowest BCUT2D eigenvalue weighted by Crippen LogP contribution is -2.05. The van der Waals surface area contributed by atoms with E-state index in [1.165, 1.54) is 4.88 Å². The molecule has 2 rings (SSSR count). The lowest BCUT2D eigenvalue weighted by Gasteiger charge is -2.11. The molecule has 0 atom stereocenters. The number of thiophene rings is 1. The Kier molecular flexibility index (Phi) is 4.59. The first-order chi connectivity index (χ1) is 8.31. The highest BCUT2D eigenvalue weighted by Crippen LogP contribution is 2.29. The molecule has 0 bridgehead atoms. The maximum atomic E-state index is 5.81. The van der Waals surface area contributed by atoms with Crippen molar-refractivity contribution in [2.45, 2.75) is 13.0 Å². The van der Waals surface area contributed by atoms with Gasteiger partial charge in [0.05, 0.1) is 11.1 Å². The van der Waals surface area contributed by atoms with E-state index in [4.69, 9.17) is 10.5 Å². The molecule has 0 unspecified atom stereocenters. The highest BCUT2D eigenvalue weighted by Gasteiger charge is 2.06. The molecule has 17 heavy (non-hydrogen) atoms. The Morgan fingerprint density at radius 1 is 1.24 bits per heavy atom. The first-order valence-electron chi connectivity index (χ1n) is 5.44. The van der Waals surface area contributed by atoms with Gasteiger partial charge in [-0.3, -0.25) is 0 Å². The summed E-state index contributed by atoms with van der Waals surface area (Å²) < 4.78 is 6.78. The summed E-state index contributed by atoms with van der Waals surface area (Å²) in [5.41, 5.74) is 6.72. The van der Waals surface area contributed by atoms with Gasteiger partial charge < -0.3 is 10.5 Å². The average Bonchev–Trinajstić information content (AvgIpc) is 2.84. The number of hydrogen-bond acceptors (Lipinski definition) is 3. The first kappa shape index (κ1) is 12.6. The van der Waals surface area contributed by atoms with E-state index in [2.05, 4.69) is 33.4 Å². The van der Waals surface area contributed by atoms with Crippen LogP contribution >= 0.6 is 27.3 Å². The Balaban J connectivity index is 1.98. The molecule has 0 aliphatic heterocycles. The van der Waals surface area contributed by atoms with Crippen molar-refractivity contribution >= 4 is 27.3 Å². The second-order valence-electron chi connectivity index (χ2n) is 3.61. The highest BCUT2D eigenvalue weighted by molar-refractivity contribution is 9.10. The van der Waals surface area contributed by atoms with Crippen molar-refractivity contribution in [3.63, 3.8) is 0 Å². The number of benzene rings is 1. The number of halogens is 1. The Morgan fingerprint density at radius 2 is 2.12 bits per heavy atom. The monoisotopic (exact) mass is 311 g/mol. The summed E-state index contributed by atoms with van der Waals surface area (Å²) in [4.78, 5) is 1.34. The van der Waals surface area contributed by atoms with Crippen molar-refractivity contribution in [3.05, 3.63) is 50.6 Å². The third-order valence-corrected chi connectivity index (χ3v) is 4.00. The van der Waals surface area contributed by atoms with Crippen LogP contribution in [0.1, 0.15) is 10.4 Å². The lowest BCUT2D eigenvalue weighted by atomic mass is 10.2. The average molecular weight is 312 g/mol. The molecule has 2 nitrogen and oxygen atoms in total. The van der Waals surface area contributed by atoms with E-state index < -0.39 is 0 Å². The summed E-state index contributed by atoms with van der Waals surface area (Å²) in [5, 5.41) is 2.08. The van der Waals surface area contributed by atoms with Crippen LogP contribution in [0.2, 0.25) is 0 Å². The normalized spacial score (nSPS) is 10.5. The second kappa shape index (κ2) is 6.19. The SMILES string of the molecule is NCc1cccc(Br)c1OCCc1cccs1. The van der Waals surface area contributed by atoms with Crippen LogP contribution in [-0.2, 0) is 13.0 Å². The zero-order chi connectivity index (χ0) is 12.1. The minimum absolute atomic E-state index is 0.494. The van der Waals surface area contributed by atoms with Crippen LogP contribution in [-0.4, -0.2) is 6.61 Å². The van der Waals surface area contributed by atoms with Gasteiger partial charge in [-0.2, -0.15) is 0 Å². The van der Waals surface area contributed by atoms with E-state index in [0.717, 1.165) is 22.2 Å². The predicted octanol–water partition coefficient (Wildman–Crippen LogP) is 3.59. The summed E-state index contributed by atoms with van der Waals surface area (Å²) in [6.45, 7) is 1.17. The Hall–Kier alpha value is -0.840. The van der Waals surface area contributed by atoms with Crippen molar-refractivity contribution in [1.82, 2.24) is 0 Å². The lowest BCUT2D eigenvalue weighted by molar-refractivity contribution is 0.317. The minimum atomic E-state index is 0.494. The standard InChI is InChI=1S/C13H14BrNOS/c14-12-5-1-3-10(9-15)13(12)16-7-6-11-4-2-8-17-11/h1-5,8H,6-7,9,15H2. The van der Waals surface area contributed by atoms with Gasteiger partial charge in [-0.1, -0.05) is 18.2 Å². The van der Waals surface area contributed by atoms with Crippen LogP contribution in [0.3, 0.4) is 0 Å². The summed E-state index contributed by atoms with van der Waals surface area (Å²) in [6.07, 6.45) is 0.934. The van der Waals surface area contributed by atoms with Gasteiger partial charge in [0.25, 0.3) is 0 Å². The number of para-hydroxylation sites is 1. The number of nitrogens with two attached hydrogens (primary N) is 1. The van der Waals surface area contributed by atoms with Crippen LogP contribution in [0, 0.1) is 0 Å². The van der Waals surface area contributed by atoms with Gasteiger partial charge in [0.15, 0.2) is 0 Å². The summed E-state index contributed by atoms with van der Waals surface area (Å²) in [5.74, 6) is 0.867. The molecular formula is C13H14BrNOS. The molecule has 0 fully saturated rings. The van der Waals surface area contributed by atoms with Crippen LogP contribution < -0.4 is 10.5 Å². The van der Waals surface area contributed by atoms with Crippen LogP contribution in [0.4, 0.5) is 0 Å². The Morgan fingerprint density at radius 3 is 2.82 bits per heavy atom. The number of hydrogen-bond donors (Lipinski definition) is 1. The van der Waals surface area contributed by atoms with Gasteiger partial charge in [0.1, 0.15) is 5.75 Å². The van der Waals surface area contributed by atoms with Crippen LogP contribution in [0.25, 0.3) is 0 Å². The van der Waals surface area contributed by atoms with Crippen molar-refractivity contribution in [2.24, 2.45) is 5.73 Å². The largest absolute Gasteiger partial charge is 0.492 e. The molecule has 2 N–H and O–H groups in total. The molecule has 0 amide bonds. The smallest absolute Gasteiger partial charge is 0.137 e. The van der Waals surface area contributed by atoms with Gasteiger partial charge in [0, 0.05) is 23.4 Å². The maximum absolute atomic E-state index is 5.81. The molecule has 90 valence electrons. The maximum Gasteiger partial charge on any atom is 0.137 e. The van der Waals surface area contributed by atoms with Gasteiger partial charge in [-0.25, -0.2) is 0 Å². The second-order valence-corrected chi connectivity index (χ2v) is 5.50. The highest BCUT2D eigenvalue weighted by atomic mass is 79.9.